The maximum absolute atomic E-state index is 13.0. The van der Waals surface area contributed by atoms with Gasteiger partial charge in [0.05, 0.1) is 18.9 Å². The molecule has 1 amide bonds. The first kappa shape index (κ1) is 23.6. The monoisotopic (exact) mass is 453 g/mol. The molecule has 0 spiro atoms. The highest BCUT2D eigenvalue weighted by Crippen LogP contribution is 2.32. The normalized spacial score (nSPS) is 10.6. The Morgan fingerprint density at radius 2 is 1.75 bits per heavy atom. The number of anilines is 1. The number of benzene rings is 3. The van der Waals surface area contributed by atoms with E-state index in [1.807, 2.05) is 37.3 Å². The van der Waals surface area contributed by atoms with E-state index in [1.165, 1.54) is 0 Å². The van der Waals surface area contributed by atoms with Crippen molar-refractivity contribution in [2.24, 2.45) is 0 Å². The first-order chi connectivity index (χ1) is 15.6. The summed E-state index contributed by atoms with van der Waals surface area (Å²) in [4.78, 5) is 13.0. The van der Waals surface area contributed by atoms with Gasteiger partial charge in [0.1, 0.15) is 11.5 Å². The summed E-state index contributed by atoms with van der Waals surface area (Å²) in [7, 11) is 0. The number of amides is 1. The fourth-order valence-corrected chi connectivity index (χ4v) is 3.23. The van der Waals surface area contributed by atoms with Crippen molar-refractivity contribution in [1.82, 2.24) is 0 Å². The number of rotatable bonds is 11. The lowest BCUT2D eigenvalue weighted by Crippen LogP contribution is -2.13. The molecule has 1 N–H and O–H groups in total. The second-order valence-electron chi connectivity index (χ2n) is 7.17. The van der Waals surface area contributed by atoms with Crippen molar-refractivity contribution in [2.75, 3.05) is 18.5 Å². The summed E-state index contributed by atoms with van der Waals surface area (Å²) in [5.74, 6) is 1.61. The summed E-state index contributed by atoms with van der Waals surface area (Å²) in [6.07, 6.45) is 2.05. The maximum atomic E-state index is 13.0. The van der Waals surface area contributed by atoms with Gasteiger partial charge in [0.2, 0.25) is 0 Å². The van der Waals surface area contributed by atoms with Gasteiger partial charge in [-0.15, -0.1) is 0 Å². The van der Waals surface area contributed by atoms with Crippen LogP contribution < -0.4 is 14.8 Å². The van der Waals surface area contributed by atoms with Crippen LogP contribution in [0.2, 0.25) is 5.02 Å². The van der Waals surface area contributed by atoms with Crippen LogP contribution in [0.25, 0.3) is 0 Å². The Kier molecular flexibility index (Phi) is 8.96. The molecular weight excluding hydrogens is 426 g/mol. The van der Waals surface area contributed by atoms with E-state index in [4.69, 9.17) is 25.8 Å². The summed E-state index contributed by atoms with van der Waals surface area (Å²) in [5.41, 5.74) is 1.82. The van der Waals surface area contributed by atoms with Crippen molar-refractivity contribution in [1.29, 1.82) is 0 Å². The molecule has 0 radical (unpaired) electrons. The van der Waals surface area contributed by atoms with Crippen LogP contribution in [-0.4, -0.2) is 19.1 Å². The van der Waals surface area contributed by atoms with E-state index in [0.29, 0.717) is 47.6 Å². The summed E-state index contributed by atoms with van der Waals surface area (Å²) in [5, 5.41) is 3.41. The van der Waals surface area contributed by atoms with Crippen LogP contribution in [0.1, 0.15) is 42.6 Å². The van der Waals surface area contributed by atoms with E-state index >= 15 is 0 Å². The van der Waals surface area contributed by atoms with Crippen LogP contribution in [0.5, 0.6) is 17.2 Å². The predicted molar refractivity (Wildman–Crippen MR) is 128 cm³/mol. The molecule has 32 heavy (non-hydrogen) atoms. The van der Waals surface area contributed by atoms with Crippen LogP contribution >= 0.6 is 11.6 Å². The fourth-order valence-electron chi connectivity index (χ4n) is 3.06. The third kappa shape index (κ3) is 6.74. The van der Waals surface area contributed by atoms with Crippen molar-refractivity contribution >= 4 is 23.2 Å². The molecule has 0 aromatic heterocycles. The van der Waals surface area contributed by atoms with Gasteiger partial charge < -0.3 is 19.5 Å². The van der Waals surface area contributed by atoms with E-state index in [0.717, 1.165) is 24.2 Å². The zero-order valence-corrected chi connectivity index (χ0v) is 19.2. The van der Waals surface area contributed by atoms with Gasteiger partial charge in [0, 0.05) is 22.8 Å². The molecule has 0 saturated heterocycles. The molecule has 3 aromatic carbocycles. The molecule has 168 valence electrons. The smallest absolute Gasteiger partial charge is 0.255 e. The molecule has 0 aliphatic carbocycles. The minimum absolute atomic E-state index is 0.275. The van der Waals surface area contributed by atoms with Crippen molar-refractivity contribution in [3.05, 3.63) is 82.9 Å². The molecule has 3 aromatic rings. The highest BCUT2D eigenvalue weighted by Gasteiger charge is 2.14. The number of ether oxygens (including phenoxy) is 3. The number of halogens is 1. The zero-order valence-electron chi connectivity index (χ0n) is 18.4. The minimum Gasteiger partial charge on any atom is -0.494 e. The first-order valence-electron chi connectivity index (χ1n) is 10.8. The zero-order chi connectivity index (χ0) is 22.8. The summed E-state index contributed by atoms with van der Waals surface area (Å²) >= 11 is 6.17. The summed E-state index contributed by atoms with van der Waals surface area (Å²) in [6, 6.07) is 19.8. The maximum Gasteiger partial charge on any atom is 0.255 e. The van der Waals surface area contributed by atoms with Gasteiger partial charge in [-0.3, -0.25) is 4.79 Å². The molecule has 5 nitrogen and oxygen atoms in total. The lowest BCUT2D eigenvalue weighted by molar-refractivity contribution is 0.102. The third-order valence-corrected chi connectivity index (χ3v) is 4.92. The molecule has 0 atom stereocenters. The van der Waals surface area contributed by atoms with Crippen molar-refractivity contribution < 1.29 is 19.0 Å². The highest BCUT2D eigenvalue weighted by molar-refractivity contribution is 6.31. The molecule has 3 rings (SSSR count). The Morgan fingerprint density at radius 1 is 0.969 bits per heavy atom. The average molecular weight is 454 g/mol. The summed E-state index contributed by atoms with van der Waals surface area (Å²) in [6.45, 7) is 5.63. The number of hydrogen-bond donors (Lipinski definition) is 1. The largest absolute Gasteiger partial charge is 0.494 e. The van der Waals surface area contributed by atoms with Crippen LogP contribution in [0.3, 0.4) is 0 Å². The van der Waals surface area contributed by atoms with Gasteiger partial charge in [-0.1, -0.05) is 43.1 Å². The van der Waals surface area contributed by atoms with Gasteiger partial charge in [-0.25, -0.2) is 0 Å². The van der Waals surface area contributed by atoms with Gasteiger partial charge in [0.25, 0.3) is 5.91 Å². The first-order valence-corrected chi connectivity index (χ1v) is 11.2. The molecular formula is C26H28ClNO4. The van der Waals surface area contributed by atoms with E-state index < -0.39 is 0 Å². The quantitative estimate of drug-likeness (QED) is 0.314. The molecule has 0 aliphatic rings. The van der Waals surface area contributed by atoms with Crippen molar-refractivity contribution in [3.63, 3.8) is 0 Å². The van der Waals surface area contributed by atoms with Crippen LogP contribution in [0.4, 0.5) is 5.69 Å². The number of carbonyl (C=O) groups is 1. The van der Waals surface area contributed by atoms with Crippen LogP contribution in [-0.2, 0) is 11.3 Å². The molecule has 0 heterocycles. The number of hydrogen-bond acceptors (Lipinski definition) is 4. The molecule has 0 fully saturated rings. The third-order valence-electron chi connectivity index (χ3n) is 4.68. The molecule has 0 aliphatic heterocycles. The van der Waals surface area contributed by atoms with Gasteiger partial charge in [-0.05, 0) is 61.9 Å². The Morgan fingerprint density at radius 3 is 2.50 bits per heavy atom. The van der Waals surface area contributed by atoms with Gasteiger partial charge in [-0.2, -0.15) is 0 Å². The second-order valence-corrected chi connectivity index (χ2v) is 7.61. The summed E-state index contributed by atoms with van der Waals surface area (Å²) < 4.78 is 17.4. The average Bonchev–Trinajstić information content (AvgIpc) is 2.80. The van der Waals surface area contributed by atoms with Gasteiger partial charge >= 0.3 is 0 Å². The topological polar surface area (TPSA) is 56.8 Å². The molecule has 6 heteroatoms. The Labute approximate surface area is 194 Å². The molecule has 0 saturated carbocycles. The van der Waals surface area contributed by atoms with Crippen molar-refractivity contribution in [3.8, 4) is 17.2 Å². The minimum atomic E-state index is -0.275. The number of unbranched alkanes of at least 4 members (excludes halogenated alkanes) is 1. The second kappa shape index (κ2) is 12.1. The van der Waals surface area contributed by atoms with E-state index in [9.17, 15) is 4.79 Å². The number of para-hydroxylation sites is 1. The van der Waals surface area contributed by atoms with E-state index in [-0.39, 0.29) is 5.91 Å². The fraction of sp³-hybridized carbons (Fsp3) is 0.269. The molecule has 0 bridgehead atoms. The van der Waals surface area contributed by atoms with Crippen LogP contribution in [0, 0.1) is 0 Å². The van der Waals surface area contributed by atoms with E-state index in [2.05, 4.69) is 12.2 Å². The van der Waals surface area contributed by atoms with Crippen molar-refractivity contribution in [2.45, 2.75) is 33.3 Å². The SMILES string of the molecule is CCCCOCc1cc(C(=O)Nc2cc(Cl)ccc2Oc2ccccc2)ccc1OCC. The molecule has 0 unspecified atom stereocenters. The lowest BCUT2D eigenvalue weighted by atomic mass is 10.1. The number of carbonyl (C=O) groups excluding carboxylic acids is 1. The van der Waals surface area contributed by atoms with E-state index in [1.54, 1.807) is 36.4 Å². The standard InChI is InChI=1S/C26H28ClNO4/c1-3-5-15-30-18-20-16-19(11-13-24(20)31-4-2)26(29)28-23-17-21(27)12-14-25(23)32-22-9-7-6-8-10-22/h6-14,16-17H,3-5,15,18H2,1-2H3,(H,28,29). The Hall–Kier alpha value is -3.02. The Bertz CT molecular complexity index is 1020. The predicted octanol–water partition coefficient (Wildman–Crippen LogP) is 7.10. The van der Waals surface area contributed by atoms with Crippen LogP contribution in [0.15, 0.2) is 66.7 Å². The number of nitrogens with one attached hydrogen (secondary N) is 1. The lowest BCUT2D eigenvalue weighted by Gasteiger charge is -2.15. The van der Waals surface area contributed by atoms with Gasteiger partial charge in [0.15, 0.2) is 5.75 Å². The highest BCUT2D eigenvalue weighted by atomic mass is 35.5. The Balaban J connectivity index is 1.79.